The lowest BCUT2D eigenvalue weighted by molar-refractivity contribution is -0.149. The van der Waals surface area contributed by atoms with Gasteiger partial charge in [-0.3, -0.25) is 9.59 Å². The van der Waals surface area contributed by atoms with Crippen LogP contribution in [-0.2, 0) is 16.0 Å². The van der Waals surface area contributed by atoms with Gasteiger partial charge in [0.05, 0.1) is 0 Å². The highest BCUT2D eigenvalue weighted by Gasteiger charge is 2.19. The van der Waals surface area contributed by atoms with Crippen LogP contribution in [0.3, 0.4) is 0 Å². The molecule has 1 atom stereocenters. The van der Waals surface area contributed by atoms with Gasteiger partial charge >= 0.3 is 5.97 Å². The molecule has 0 radical (unpaired) electrons. The van der Waals surface area contributed by atoms with Crippen LogP contribution < -0.4 is 0 Å². The van der Waals surface area contributed by atoms with E-state index in [4.69, 9.17) is 4.74 Å². The van der Waals surface area contributed by atoms with E-state index in [0.29, 0.717) is 18.4 Å². The number of hydrogen-bond donors (Lipinski definition) is 0. The number of carbonyl (C=O) groups is 2. The van der Waals surface area contributed by atoms with Crippen LogP contribution in [0.4, 0.5) is 0 Å². The molecule has 0 fully saturated rings. The zero-order valence-electron chi connectivity index (χ0n) is 15.7. The Morgan fingerprint density at radius 1 is 1.00 bits per heavy atom. The zero-order chi connectivity index (χ0) is 18.8. The molecule has 0 spiro atoms. The van der Waals surface area contributed by atoms with Crippen molar-refractivity contribution in [3.05, 3.63) is 71.3 Å². The Morgan fingerprint density at radius 3 is 2.35 bits per heavy atom. The van der Waals surface area contributed by atoms with Gasteiger partial charge in [-0.05, 0) is 38.2 Å². The van der Waals surface area contributed by atoms with Gasteiger partial charge in [0.2, 0.25) is 0 Å². The molecule has 2 rings (SSSR count). The van der Waals surface area contributed by atoms with Crippen molar-refractivity contribution in [2.24, 2.45) is 0 Å². The van der Waals surface area contributed by atoms with Crippen molar-refractivity contribution in [3.8, 4) is 0 Å². The average Bonchev–Trinajstić information content (AvgIpc) is 2.63. The number of Topliss-reactive ketones (excluding diaryl/α,β-unsaturated/α-hetero) is 1. The molecule has 138 valence electrons. The predicted molar refractivity (Wildman–Crippen MR) is 104 cm³/mol. The molecule has 26 heavy (non-hydrogen) atoms. The molecule has 1 unspecified atom stereocenters. The maximum Gasteiger partial charge on any atom is 0.306 e. The summed E-state index contributed by atoms with van der Waals surface area (Å²) in [6.45, 7) is 3.94. The molecule has 0 amide bonds. The number of ether oxygens (including phenoxy) is 1. The number of carbonyl (C=O) groups excluding carboxylic acids is 2. The zero-order valence-corrected chi connectivity index (χ0v) is 15.7. The molecule has 0 heterocycles. The van der Waals surface area contributed by atoms with Crippen molar-refractivity contribution in [1.82, 2.24) is 0 Å². The van der Waals surface area contributed by atoms with E-state index >= 15 is 0 Å². The Balaban J connectivity index is 1.94. The van der Waals surface area contributed by atoms with Crippen molar-refractivity contribution in [1.29, 1.82) is 0 Å². The maximum atomic E-state index is 12.5. The van der Waals surface area contributed by atoms with Crippen LogP contribution in [0.15, 0.2) is 54.6 Å². The number of aryl methyl sites for hydroxylation is 2. The molecule has 0 saturated heterocycles. The van der Waals surface area contributed by atoms with E-state index < -0.39 is 0 Å². The monoisotopic (exact) mass is 352 g/mol. The SMILES string of the molecule is CCCC(=O)OC(CCCc1ccccc1)CC(=O)c1ccc(C)cc1. The van der Waals surface area contributed by atoms with Crippen molar-refractivity contribution in [2.45, 2.75) is 58.5 Å². The van der Waals surface area contributed by atoms with E-state index in [2.05, 4.69) is 12.1 Å². The Hall–Kier alpha value is -2.42. The maximum absolute atomic E-state index is 12.5. The van der Waals surface area contributed by atoms with Crippen LogP contribution in [0.2, 0.25) is 0 Å². The Bertz CT molecular complexity index is 689. The van der Waals surface area contributed by atoms with Gasteiger partial charge in [0.15, 0.2) is 5.78 Å². The molecule has 3 nitrogen and oxygen atoms in total. The average molecular weight is 352 g/mol. The summed E-state index contributed by atoms with van der Waals surface area (Å²) in [7, 11) is 0. The van der Waals surface area contributed by atoms with Crippen molar-refractivity contribution >= 4 is 11.8 Å². The molecule has 0 aromatic heterocycles. The minimum absolute atomic E-state index is 0.0269. The molecule has 2 aromatic rings. The molecule has 0 N–H and O–H groups in total. The van der Waals surface area contributed by atoms with E-state index in [1.54, 1.807) is 0 Å². The highest BCUT2D eigenvalue weighted by molar-refractivity contribution is 5.96. The molecule has 2 aromatic carbocycles. The Morgan fingerprint density at radius 2 is 1.69 bits per heavy atom. The van der Waals surface area contributed by atoms with Crippen molar-refractivity contribution in [3.63, 3.8) is 0 Å². The smallest absolute Gasteiger partial charge is 0.306 e. The third kappa shape index (κ3) is 6.83. The van der Waals surface area contributed by atoms with E-state index in [-0.39, 0.29) is 24.3 Å². The Labute approximate surface area is 156 Å². The van der Waals surface area contributed by atoms with E-state index in [1.165, 1.54) is 5.56 Å². The number of rotatable bonds is 10. The number of benzene rings is 2. The fourth-order valence-electron chi connectivity index (χ4n) is 2.89. The topological polar surface area (TPSA) is 43.4 Å². The molecule has 0 aliphatic carbocycles. The summed E-state index contributed by atoms with van der Waals surface area (Å²) < 4.78 is 5.58. The van der Waals surface area contributed by atoms with Gasteiger partial charge < -0.3 is 4.74 Å². The highest BCUT2D eigenvalue weighted by Crippen LogP contribution is 2.16. The third-order valence-corrected chi connectivity index (χ3v) is 4.37. The second kappa shape index (κ2) is 10.5. The minimum Gasteiger partial charge on any atom is -0.462 e. The number of ketones is 1. The fourth-order valence-corrected chi connectivity index (χ4v) is 2.89. The van der Waals surface area contributed by atoms with Gasteiger partial charge in [0.1, 0.15) is 6.10 Å². The van der Waals surface area contributed by atoms with Crippen molar-refractivity contribution < 1.29 is 14.3 Å². The standard InChI is InChI=1S/C23H28O3/c1-3-8-23(25)26-21(12-7-11-19-9-5-4-6-10-19)17-22(24)20-15-13-18(2)14-16-20/h4-6,9-10,13-16,21H,3,7-8,11-12,17H2,1-2H3. The summed E-state index contributed by atoms with van der Waals surface area (Å²) in [4.78, 5) is 24.5. The van der Waals surface area contributed by atoms with E-state index in [1.807, 2.05) is 56.3 Å². The lowest BCUT2D eigenvalue weighted by atomic mass is 9.99. The van der Waals surface area contributed by atoms with Gasteiger partial charge in [-0.25, -0.2) is 0 Å². The van der Waals surface area contributed by atoms with Crippen LogP contribution in [0.5, 0.6) is 0 Å². The van der Waals surface area contributed by atoms with Gasteiger partial charge in [-0.1, -0.05) is 67.1 Å². The highest BCUT2D eigenvalue weighted by atomic mass is 16.5. The van der Waals surface area contributed by atoms with E-state index in [9.17, 15) is 9.59 Å². The van der Waals surface area contributed by atoms with Gasteiger partial charge in [-0.15, -0.1) is 0 Å². The third-order valence-electron chi connectivity index (χ3n) is 4.37. The first-order valence-electron chi connectivity index (χ1n) is 9.41. The molecular weight excluding hydrogens is 324 g/mol. The first kappa shape index (κ1) is 19.9. The van der Waals surface area contributed by atoms with Gasteiger partial charge in [-0.2, -0.15) is 0 Å². The first-order chi connectivity index (χ1) is 12.6. The number of esters is 1. The van der Waals surface area contributed by atoms with Crippen LogP contribution in [-0.4, -0.2) is 17.9 Å². The predicted octanol–water partition coefficient (Wildman–Crippen LogP) is 5.30. The summed E-state index contributed by atoms with van der Waals surface area (Å²) in [5.41, 5.74) is 3.06. The van der Waals surface area contributed by atoms with Gasteiger partial charge in [0.25, 0.3) is 0 Å². The summed E-state index contributed by atoms with van der Waals surface area (Å²) in [5, 5.41) is 0. The second-order valence-corrected chi connectivity index (χ2v) is 6.73. The fraction of sp³-hybridized carbons (Fsp3) is 0.391. The summed E-state index contributed by atoms with van der Waals surface area (Å²) in [6, 6.07) is 17.8. The minimum atomic E-state index is -0.355. The lowest BCUT2D eigenvalue weighted by Gasteiger charge is -2.17. The molecule has 0 aliphatic rings. The van der Waals surface area contributed by atoms with Crippen molar-refractivity contribution in [2.75, 3.05) is 0 Å². The van der Waals surface area contributed by atoms with Gasteiger partial charge in [0, 0.05) is 18.4 Å². The molecule has 0 aliphatic heterocycles. The van der Waals surface area contributed by atoms with Crippen LogP contribution in [0.25, 0.3) is 0 Å². The quantitative estimate of drug-likeness (QED) is 0.430. The Kier molecular flexibility index (Phi) is 8.07. The second-order valence-electron chi connectivity index (χ2n) is 6.73. The lowest BCUT2D eigenvalue weighted by Crippen LogP contribution is -2.22. The molecule has 3 heteroatoms. The molecular formula is C23H28O3. The number of hydrogen-bond acceptors (Lipinski definition) is 3. The van der Waals surface area contributed by atoms with Crippen LogP contribution >= 0.6 is 0 Å². The van der Waals surface area contributed by atoms with Crippen LogP contribution in [0, 0.1) is 6.92 Å². The summed E-state index contributed by atoms with van der Waals surface area (Å²) >= 11 is 0. The summed E-state index contributed by atoms with van der Waals surface area (Å²) in [5.74, 6) is -0.187. The molecule has 0 bridgehead atoms. The largest absolute Gasteiger partial charge is 0.462 e. The first-order valence-corrected chi connectivity index (χ1v) is 9.41. The normalized spacial score (nSPS) is 11.8. The molecule has 0 saturated carbocycles. The summed E-state index contributed by atoms with van der Waals surface area (Å²) in [6.07, 6.45) is 3.54. The van der Waals surface area contributed by atoms with Crippen LogP contribution in [0.1, 0.15) is 60.5 Å². The van der Waals surface area contributed by atoms with E-state index in [0.717, 1.165) is 24.8 Å².